The molecule has 0 radical (unpaired) electrons. The van der Waals surface area contributed by atoms with Crippen molar-refractivity contribution in [2.45, 2.75) is 11.4 Å². The number of nitrogens with two attached hydrogens (primary N) is 1. The molecule has 2 aromatic rings. The van der Waals surface area contributed by atoms with Crippen molar-refractivity contribution in [3.05, 3.63) is 58.6 Å². The average molecular weight is 333 g/mol. The molecule has 4 nitrogen and oxygen atoms in total. The summed E-state index contributed by atoms with van der Waals surface area (Å²) in [6.07, 6.45) is 0. The van der Waals surface area contributed by atoms with Gasteiger partial charge in [-0.2, -0.15) is 0 Å². The van der Waals surface area contributed by atoms with Crippen LogP contribution in [0, 0.1) is 11.6 Å². The molecule has 0 aliphatic carbocycles. The van der Waals surface area contributed by atoms with Crippen LogP contribution in [0.5, 0.6) is 0 Å². The SMILES string of the molecule is NCc1ccc(F)cc1S(=O)(=O)Nc1ccc(F)cc1Cl. The Morgan fingerprint density at radius 1 is 1.10 bits per heavy atom. The number of halogens is 3. The zero-order valence-corrected chi connectivity index (χ0v) is 12.2. The first-order valence-corrected chi connectivity index (χ1v) is 7.66. The second-order valence-electron chi connectivity index (χ2n) is 4.19. The Kier molecular flexibility index (Phi) is 4.46. The van der Waals surface area contributed by atoms with Crippen LogP contribution >= 0.6 is 11.6 Å². The molecule has 0 bridgehead atoms. The van der Waals surface area contributed by atoms with E-state index in [2.05, 4.69) is 4.72 Å². The summed E-state index contributed by atoms with van der Waals surface area (Å²) in [7, 11) is -4.09. The van der Waals surface area contributed by atoms with Crippen LogP contribution in [0.4, 0.5) is 14.5 Å². The Morgan fingerprint density at radius 2 is 1.71 bits per heavy atom. The van der Waals surface area contributed by atoms with Crippen molar-refractivity contribution >= 4 is 27.3 Å². The molecular weight excluding hydrogens is 322 g/mol. The van der Waals surface area contributed by atoms with E-state index in [4.69, 9.17) is 17.3 Å². The van der Waals surface area contributed by atoms with E-state index in [1.165, 1.54) is 12.1 Å². The van der Waals surface area contributed by atoms with E-state index in [0.29, 0.717) is 0 Å². The number of anilines is 1. The maximum absolute atomic E-state index is 13.3. The van der Waals surface area contributed by atoms with Crippen molar-refractivity contribution in [1.82, 2.24) is 0 Å². The average Bonchev–Trinajstić information content (AvgIpc) is 2.42. The van der Waals surface area contributed by atoms with E-state index in [1.54, 1.807) is 0 Å². The Labute approximate surface area is 125 Å². The third kappa shape index (κ3) is 3.49. The van der Waals surface area contributed by atoms with Crippen molar-refractivity contribution in [2.24, 2.45) is 5.73 Å². The lowest BCUT2D eigenvalue weighted by Gasteiger charge is -2.12. The molecule has 21 heavy (non-hydrogen) atoms. The minimum atomic E-state index is -4.09. The second-order valence-corrected chi connectivity index (χ2v) is 6.24. The maximum atomic E-state index is 13.3. The monoisotopic (exact) mass is 332 g/mol. The van der Waals surface area contributed by atoms with Gasteiger partial charge in [-0.3, -0.25) is 4.72 Å². The van der Waals surface area contributed by atoms with Crippen molar-refractivity contribution in [3.63, 3.8) is 0 Å². The highest BCUT2D eigenvalue weighted by Gasteiger charge is 2.20. The summed E-state index contributed by atoms with van der Waals surface area (Å²) in [4.78, 5) is -0.287. The van der Waals surface area contributed by atoms with Gasteiger partial charge in [-0.05, 0) is 35.9 Å². The second kappa shape index (κ2) is 5.97. The fourth-order valence-electron chi connectivity index (χ4n) is 1.72. The molecule has 3 N–H and O–H groups in total. The Morgan fingerprint density at radius 3 is 2.33 bits per heavy atom. The molecular formula is C13H11ClF2N2O2S. The summed E-state index contributed by atoms with van der Waals surface area (Å²) in [6.45, 7) is -0.0757. The predicted molar refractivity (Wildman–Crippen MR) is 76.5 cm³/mol. The van der Waals surface area contributed by atoms with Gasteiger partial charge >= 0.3 is 0 Å². The van der Waals surface area contributed by atoms with Gasteiger partial charge in [0.1, 0.15) is 11.6 Å². The van der Waals surface area contributed by atoms with Gasteiger partial charge in [-0.25, -0.2) is 17.2 Å². The maximum Gasteiger partial charge on any atom is 0.262 e. The van der Waals surface area contributed by atoms with E-state index in [0.717, 1.165) is 24.3 Å². The lowest BCUT2D eigenvalue weighted by molar-refractivity contribution is 0.593. The Bertz CT molecular complexity index is 782. The molecule has 0 fully saturated rings. The van der Waals surface area contributed by atoms with Crippen LogP contribution in [0.3, 0.4) is 0 Å². The van der Waals surface area contributed by atoms with Crippen molar-refractivity contribution in [3.8, 4) is 0 Å². The number of hydrogen-bond acceptors (Lipinski definition) is 3. The zero-order valence-electron chi connectivity index (χ0n) is 10.6. The molecule has 0 aromatic heterocycles. The molecule has 0 saturated heterocycles. The first-order chi connectivity index (χ1) is 9.83. The number of rotatable bonds is 4. The standard InChI is InChI=1S/C13H11ClF2N2O2S/c14-11-5-9(15)3-4-12(11)18-21(19,20)13-6-10(16)2-1-8(13)7-17/h1-6,18H,7,17H2. The summed E-state index contributed by atoms with van der Waals surface area (Å²) in [5.41, 5.74) is 5.69. The number of hydrogen-bond donors (Lipinski definition) is 2. The molecule has 0 spiro atoms. The molecule has 2 rings (SSSR count). The predicted octanol–water partition coefficient (Wildman–Crippen LogP) is 2.88. The molecule has 8 heteroatoms. The molecule has 0 saturated carbocycles. The topological polar surface area (TPSA) is 72.2 Å². The van der Waals surface area contributed by atoms with Crippen molar-refractivity contribution in [1.29, 1.82) is 0 Å². The lowest BCUT2D eigenvalue weighted by atomic mass is 10.2. The zero-order chi connectivity index (χ0) is 15.6. The van der Waals surface area contributed by atoms with Crippen LogP contribution in [0.2, 0.25) is 5.02 Å². The third-order valence-corrected chi connectivity index (χ3v) is 4.47. The first kappa shape index (κ1) is 15.7. The fraction of sp³-hybridized carbons (Fsp3) is 0.0769. The van der Waals surface area contributed by atoms with Gasteiger partial charge in [0.2, 0.25) is 0 Å². The molecule has 0 atom stereocenters. The van der Waals surface area contributed by atoms with Gasteiger partial charge in [0, 0.05) is 6.54 Å². The lowest BCUT2D eigenvalue weighted by Crippen LogP contribution is -2.17. The highest BCUT2D eigenvalue weighted by molar-refractivity contribution is 7.92. The van der Waals surface area contributed by atoms with Gasteiger partial charge in [-0.1, -0.05) is 17.7 Å². The van der Waals surface area contributed by atoms with Gasteiger partial charge in [0.15, 0.2) is 0 Å². The third-order valence-electron chi connectivity index (χ3n) is 2.71. The summed E-state index contributed by atoms with van der Waals surface area (Å²) in [5, 5.41) is -0.107. The van der Waals surface area contributed by atoms with Gasteiger partial charge in [0.05, 0.1) is 15.6 Å². The van der Waals surface area contributed by atoms with Crippen LogP contribution in [0.15, 0.2) is 41.3 Å². The van der Waals surface area contributed by atoms with Gasteiger partial charge in [-0.15, -0.1) is 0 Å². The van der Waals surface area contributed by atoms with Crippen molar-refractivity contribution in [2.75, 3.05) is 4.72 Å². The van der Waals surface area contributed by atoms with Crippen LogP contribution in [-0.4, -0.2) is 8.42 Å². The molecule has 0 amide bonds. The van der Waals surface area contributed by atoms with Crippen LogP contribution < -0.4 is 10.5 Å². The number of nitrogens with one attached hydrogen (secondary N) is 1. The molecule has 2 aromatic carbocycles. The van der Waals surface area contributed by atoms with Gasteiger partial charge in [0.25, 0.3) is 10.0 Å². The summed E-state index contributed by atoms with van der Waals surface area (Å²) < 4.78 is 53.0. The van der Waals surface area contributed by atoms with Crippen LogP contribution in [0.1, 0.15) is 5.56 Å². The van der Waals surface area contributed by atoms with Crippen molar-refractivity contribution < 1.29 is 17.2 Å². The quantitative estimate of drug-likeness (QED) is 0.904. The van der Waals surface area contributed by atoms with E-state index in [9.17, 15) is 17.2 Å². The van der Waals surface area contributed by atoms with E-state index in [-0.39, 0.29) is 27.7 Å². The first-order valence-electron chi connectivity index (χ1n) is 5.80. The molecule has 0 unspecified atom stereocenters. The smallest absolute Gasteiger partial charge is 0.262 e. The molecule has 0 aliphatic heterocycles. The number of sulfonamides is 1. The van der Waals surface area contributed by atoms with Crippen LogP contribution in [0.25, 0.3) is 0 Å². The summed E-state index contributed by atoms with van der Waals surface area (Å²) >= 11 is 5.76. The molecule has 112 valence electrons. The van der Waals surface area contributed by atoms with Gasteiger partial charge < -0.3 is 5.73 Å². The largest absolute Gasteiger partial charge is 0.326 e. The summed E-state index contributed by atoms with van der Waals surface area (Å²) in [5.74, 6) is -1.31. The molecule has 0 heterocycles. The van der Waals surface area contributed by atoms with E-state index >= 15 is 0 Å². The van der Waals surface area contributed by atoms with E-state index < -0.39 is 21.7 Å². The van der Waals surface area contributed by atoms with E-state index in [1.807, 2.05) is 0 Å². The highest BCUT2D eigenvalue weighted by atomic mass is 35.5. The van der Waals surface area contributed by atoms with Crippen LogP contribution in [-0.2, 0) is 16.6 Å². The highest BCUT2D eigenvalue weighted by Crippen LogP contribution is 2.26. The summed E-state index contributed by atoms with van der Waals surface area (Å²) in [6, 6.07) is 6.47. The minimum Gasteiger partial charge on any atom is -0.326 e. The minimum absolute atomic E-state index is 0.00898. The number of benzene rings is 2. The normalized spacial score (nSPS) is 11.4. The molecule has 0 aliphatic rings. The Hall–Kier alpha value is -1.70. The fourth-order valence-corrected chi connectivity index (χ4v) is 3.33. The Balaban J connectivity index is 2.45.